The average molecular weight is 259 g/mol. The van der Waals surface area contributed by atoms with Gasteiger partial charge in [-0.1, -0.05) is 23.8 Å². The monoisotopic (exact) mass is 258 g/mol. The summed E-state index contributed by atoms with van der Waals surface area (Å²) in [7, 11) is 1.89. The molecule has 0 aliphatic carbocycles. The van der Waals surface area contributed by atoms with Crippen molar-refractivity contribution in [2.75, 3.05) is 18.5 Å². The summed E-state index contributed by atoms with van der Waals surface area (Å²) in [4.78, 5) is 2.20. The summed E-state index contributed by atoms with van der Waals surface area (Å²) in [5.74, 6) is 0. The molecule has 3 nitrogen and oxygen atoms in total. The van der Waals surface area contributed by atoms with E-state index in [9.17, 15) is 5.11 Å². The third kappa shape index (κ3) is 3.33. The molecule has 5 heteroatoms. The summed E-state index contributed by atoms with van der Waals surface area (Å²) < 4.78 is 0. The van der Waals surface area contributed by atoms with E-state index in [0.29, 0.717) is 17.1 Å². The van der Waals surface area contributed by atoms with Gasteiger partial charge in [-0.2, -0.15) is 0 Å². The molecule has 0 radical (unpaired) electrons. The number of aliphatic hydroxyl groups is 1. The van der Waals surface area contributed by atoms with Crippen molar-refractivity contribution in [2.24, 2.45) is 5.73 Å². The molecule has 1 aromatic carbocycles. The van der Waals surface area contributed by atoms with Gasteiger partial charge < -0.3 is 15.7 Å². The normalized spacial score (nSPS) is 12.2. The van der Waals surface area contributed by atoms with Crippen LogP contribution in [0.5, 0.6) is 0 Å². The second-order valence-electron chi connectivity index (χ2n) is 3.76. The van der Waals surface area contributed by atoms with Crippen LogP contribution in [-0.2, 0) is 0 Å². The number of hydrogen-bond acceptors (Lipinski definition) is 3. The lowest BCUT2D eigenvalue weighted by atomic mass is 10.2. The van der Waals surface area contributed by atoms with Crippen molar-refractivity contribution in [2.45, 2.75) is 13.0 Å². The summed E-state index contributed by atoms with van der Waals surface area (Å²) in [6.07, 6.45) is -0.390. The third-order valence-electron chi connectivity index (χ3n) is 2.20. The fourth-order valence-corrected chi connectivity index (χ4v) is 1.95. The molecule has 1 unspecified atom stereocenters. The number of nitrogens with zero attached hydrogens (tertiary/aromatic N) is 1. The second-order valence-corrected chi connectivity index (χ2v) is 4.60. The quantitative estimate of drug-likeness (QED) is 0.809. The zero-order valence-electron chi connectivity index (χ0n) is 9.27. The highest BCUT2D eigenvalue weighted by atomic mass is 35.5. The van der Waals surface area contributed by atoms with Gasteiger partial charge in [0.15, 0.2) is 0 Å². The van der Waals surface area contributed by atoms with E-state index in [0.717, 1.165) is 5.69 Å². The first-order chi connectivity index (χ1) is 7.41. The molecule has 0 aliphatic heterocycles. The van der Waals surface area contributed by atoms with Gasteiger partial charge in [0.1, 0.15) is 4.99 Å². The van der Waals surface area contributed by atoms with Crippen LogP contribution in [0.25, 0.3) is 0 Å². The van der Waals surface area contributed by atoms with Gasteiger partial charge in [0, 0.05) is 24.8 Å². The Morgan fingerprint density at radius 3 is 2.69 bits per heavy atom. The number of thiocarbonyl (C=S) groups is 1. The van der Waals surface area contributed by atoms with Gasteiger partial charge in [0.2, 0.25) is 0 Å². The molecule has 16 heavy (non-hydrogen) atoms. The highest BCUT2D eigenvalue weighted by molar-refractivity contribution is 7.80. The van der Waals surface area contributed by atoms with Crippen LogP contribution < -0.4 is 10.6 Å². The van der Waals surface area contributed by atoms with Gasteiger partial charge in [0.05, 0.1) is 11.1 Å². The van der Waals surface area contributed by atoms with Crippen LogP contribution in [-0.4, -0.2) is 29.8 Å². The molecule has 3 N–H and O–H groups in total. The summed E-state index contributed by atoms with van der Waals surface area (Å²) >= 11 is 10.9. The molecule has 0 spiro atoms. The Hall–Kier alpha value is -0.840. The Kier molecular flexibility index (Phi) is 4.53. The topological polar surface area (TPSA) is 49.5 Å². The van der Waals surface area contributed by atoms with Gasteiger partial charge in [-0.15, -0.1) is 0 Å². The summed E-state index contributed by atoms with van der Waals surface area (Å²) in [5.41, 5.74) is 7.11. The number of rotatable bonds is 4. The zero-order valence-corrected chi connectivity index (χ0v) is 10.8. The average Bonchev–Trinajstić information content (AvgIpc) is 2.15. The van der Waals surface area contributed by atoms with Gasteiger partial charge in [0.25, 0.3) is 0 Å². The fourth-order valence-electron chi connectivity index (χ4n) is 1.44. The number of anilines is 1. The molecule has 0 fully saturated rings. The SMILES string of the molecule is CC(O)CN(C)c1ccc(C(N)=S)c(Cl)c1. The predicted molar refractivity (Wildman–Crippen MR) is 72.3 cm³/mol. The van der Waals surface area contributed by atoms with Crippen molar-refractivity contribution in [1.82, 2.24) is 0 Å². The smallest absolute Gasteiger partial charge is 0.105 e. The van der Waals surface area contributed by atoms with E-state index in [4.69, 9.17) is 29.6 Å². The number of likely N-dealkylation sites (N-methyl/N-ethyl adjacent to an activating group) is 1. The van der Waals surface area contributed by atoms with Crippen LogP contribution in [0, 0.1) is 0 Å². The van der Waals surface area contributed by atoms with E-state index in [1.165, 1.54) is 0 Å². The molecule has 88 valence electrons. The number of nitrogens with two attached hydrogens (primary N) is 1. The summed E-state index contributed by atoms with van der Waals surface area (Å²) in [6.45, 7) is 2.28. The molecule has 0 amide bonds. The van der Waals surface area contributed by atoms with Crippen LogP contribution in [0.4, 0.5) is 5.69 Å². The van der Waals surface area contributed by atoms with E-state index in [2.05, 4.69) is 0 Å². The van der Waals surface area contributed by atoms with Crippen LogP contribution >= 0.6 is 23.8 Å². The summed E-state index contributed by atoms with van der Waals surface area (Å²) in [5, 5.41) is 9.81. The molecular weight excluding hydrogens is 244 g/mol. The Balaban J connectivity index is 2.92. The first-order valence-corrected chi connectivity index (χ1v) is 5.69. The molecular formula is C11H15ClN2OS. The highest BCUT2D eigenvalue weighted by Crippen LogP contribution is 2.23. The van der Waals surface area contributed by atoms with E-state index in [1.54, 1.807) is 19.1 Å². The number of aliphatic hydroxyl groups excluding tert-OH is 1. The van der Waals surface area contributed by atoms with Crippen molar-refractivity contribution >= 4 is 34.5 Å². The molecule has 1 atom stereocenters. The Morgan fingerprint density at radius 2 is 2.25 bits per heavy atom. The van der Waals surface area contributed by atoms with Crippen LogP contribution in [0.1, 0.15) is 12.5 Å². The minimum Gasteiger partial charge on any atom is -0.392 e. The summed E-state index contributed by atoms with van der Waals surface area (Å²) in [6, 6.07) is 5.46. The molecule has 1 aromatic rings. The van der Waals surface area contributed by atoms with Crippen LogP contribution in [0.3, 0.4) is 0 Å². The Morgan fingerprint density at radius 1 is 1.62 bits per heavy atom. The van der Waals surface area contributed by atoms with Crippen molar-refractivity contribution in [3.63, 3.8) is 0 Å². The van der Waals surface area contributed by atoms with Crippen molar-refractivity contribution in [3.05, 3.63) is 28.8 Å². The van der Waals surface area contributed by atoms with E-state index >= 15 is 0 Å². The molecule has 0 aromatic heterocycles. The Bertz CT molecular complexity index is 396. The fraction of sp³-hybridized carbons (Fsp3) is 0.364. The van der Waals surface area contributed by atoms with E-state index in [1.807, 2.05) is 18.0 Å². The Labute approximate surface area is 106 Å². The van der Waals surface area contributed by atoms with Gasteiger partial charge in [-0.25, -0.2) is 0 Å². The van der Waals surface area contributed by atoms with Gasteiger partial charge in [-0.05, 0) is 25.1 Å². The molecule has 0 saturated carbocycles. The number of benzene rings is 1. The first kappa shape index (κ1) is 13.2. The molecule has 0 aliphatic rings. The van der Waals surface area contributed by atoms with Crippen LogP contribution in [0.15, 0.2) is 18.2 Å². The third-order valence-corrected chi connectivity index (χ3v) is 2.73. The van der Waals surface area contributed by atoms with Crippen molar-refractivity contribution in [1.29, 1.82) is 0 Å². The minimum atomic E-state index is -0.390. The van der Waals surface area contributed by atoms with E-state index in [-0.39, 0.29) is 11.1 Å². The second kappa shape index (κ2) is 5.48. The maximum absolute atomic E-state index is 9.28. The lowest BCUT2D eigenvalue weighted by Gasteiger charge is -2.21. The molecule has 0 saturated heterocycles. The number of hydrogen-bond donors (Lipinski definition) is 2. The molecule has 0 bridgehead atoms. The predicted octanol–water partition coefficient (Wildman–Crippen LogP) is 1.79. The maximum Gasteiger partial charge on any atom is 0.105 e. The van der Waals surface area contributed by atoms with Gasteiger partial charge in [-0.3, -0.25) is 0 Å². The zero-order chi connectivity index (χ0) is 12.3. The molecule has 0 heterocycles. The largest absolute Gasteiger partial charge is 0.392 e. The maximum atomic E-state index is 9.28. The number of halogens is 1. The molecule has 1 rings (SSSR count). The van der Waals surface area contributed by atoms with Gasteiger partial charge >= 0.3 is 0 Å². The lowest BCUT2D eigenvalue weighted by Crippen LogP contribution is -2.26. The van der Waals surface area contributed by atoms with E-state index < -0.39 is 0 Å². The first-order valence-electron chi connectivity index (χ1n) is 4.90. The highest BCUT2D eigenvalue weighted by Gasteiger charge is 2.08. The lowest BCUT2D eigenvalue weighted by molar-refractivity contribution is 0.201. The standard InChI is InChI=1S/C11H15ClN2OS/c1-7(15)6-14(2)8-3-4-9(11(13)16)10(12)5-8/h3-5,7,15H,6H2,1-2H3,(H2,13,16). The minimum absolute atomic E-state index is 0.287. The van der Waals surface area contributed by atoms with Crippen molar-refractivity contribution < 1.29 is 5.11 Å². The van der Waals surface area contributed by atoms with Crippen LogP contribution in [0.2, 0.25) is 5.02 Å². The van der Waals surface area contributed by atoms with Crippen molar-refractivity contribution in [3.8, 4) is 0 Å².